The monoisotopic (exact) mass is 241 g/mol. The number of aromatic amines is 1. The van der Waals surface area contributed by atoms with Gasteiger partial charge in [0.2, 0.25) is 0 Å². The molecule has 0 radical (unpaired) electrons. The lowest BCUT2D eigenvalue weighted by Gasteiger charge is -1.98. The molecule has 1 heterocycles. The van der Waals surface area contributed by atoms with Crippen LogP contribution >= 0.6 is 11.6 Å². The van der Waals surface area contributed by atoms with Gasteiger partial charge in [-0.3, -0.25) is 0 Å². The molecule has 0 aliphatic heterocycles. The Morgan fingerprint density at radius 2 is 1.82 bits per heavy atom. The molecule has 3 rings (SSSR count). The van der Waals surface area contributed by atoms with Crippen LogP contribution in [0.15, 0.2) is 48.5 Å². The van der Waals surface area contributed by atoms with Crippen LogP contribution in [0.1, 0.15) is 5.56 Å². The minimum absolute atomic E-state index is 0.765. The average Bonchev–Trinajstić information content (AvgIpc) is 2.74. The molecule has 0 atom stereocenters. The zero-order valence-electron chi connectivity index (χ0n) is 9.50. The van der Waals surface area contributed by atoms with E-state index in [4.69, 9.17) is 11.6 Å². The molecule has 0 saturated heterocycles. The summed E-state index contributed by atoms with van der Waals surface area (Å²) in [5.74, 6) is 0. The number of benzene rings is 2. The molecule has 1 N–H and O–H groups in total. The van der Waals surface area contributed by atoms with Crippen molar-refractivity contribution in [3.63, 3.8) is 0 Å². The highest BCUT2D eigenvalue weighted by atomic mass is 35.5. The molecule has 17 heavy (non-hydrogen) atoms. The predicted octanol–water partition coefficient (Wildman–Crippen LogP) is 4.80. The highest BCUT2D eigenvalue weighted by Crippen LogP contribution is 2.28. The number of H-pyrrole nitrogens is 1. The van der Waals surface area contributed by atoms with Crippen molar-refractivity contribution in [1.82, 2.24) is 4.98 Å². The van der Waals surface area contributed by atoms with E-state index >= 15 is 0 Å². The van der Waals surface area contributed by atoms with E-state index in [0.717, 1.165) is 21.6 Å². The SMILES string of the molecule is Cc1cccc(-c2cc3cccc(Cl)c3[nH]2)c1. The molecule has 3 aromatic rings. The van der Waals surface area contributed by atoms with Crippen LogP contribution in [-0.4, -0.2) is 4.98 Å². The zero-order valence-corrected chi connectivity index (χ0v) is 10.3. The van der Waals surface area contributed by atoms with Crippen molar-refractivity contribution >= 4 is 22.5 Å². The van der Waals surface area contributed by atoms with Crippen molar-refractivity contribution in [3.05, 3.63) is 59.1 Å². The number of hydrogen-bond acceptors (Lipinski definition) is 0. The van der Waals surface area contributed by atoms with E-state index in [9.17, 15) is 0 Å². The van der Waals surface area contributed by atoms with Crippen LogP contribution in [0.2, 0.25) is 5.02 Å². The lowest BCUT2D eigenvalue weighted by Crippen LogP contribution is -1.78. The van der Waals surface area contributed by atoms with E-state index in [0.29, 0.717) is 0 Å². The Labute approximate surface area is 105 Å². The van der Waals surface area contributed by atoms with Crippen molar-refractivity contribution in [2.24, 2.45) is 0 Å². The summed E-state index contributed by atoms with van der Waals surface area (Å²) >= 11 is 6.16. The third kappa shape index (κ3) is 1.83. The van der Waals surface area contributed by atoms with Gasteiger partial charge in [-0.25, -0.2) is 0 Å². The molecule has 0 spiro atoms. The Morgan fingerprint density at radius 3 is 2.59 bits per heavy atom. The number of aryl methyl sites for hydroxylation is 1. The van der Waals surface area contributed by atoms with Gasteiger partial charge in [-0.2, -0.15) is 0 Å². The normalized spacial score (nSPS) is 10.9. The molecule has 0 saturated carbocycles. The van der Waals surface area contributed by atoms with Crippen LogP contribution in [0.3, 0.4) is 0 Å². The highest BCUT2D eigenvalue weighted by molar-refractivity contribution is 6.35. The molecule has 0 amide bonds. The molecule has 0 aliphatic carbocycles. The van der Waals surface area contributed by atoms with Crippen LogP contribution in [0.25, 0.3) is 22.2 Å². The van der Waals surface area contributed by atoms with Crippen molar-refractivity contribution in [2.75, 3.05) is 0 Å². The first kappa shape index (κ1) is 10.4. The molecule has 2 heteroatoms. The maximum atomic E-state index is 6.16. The van der Waals surface area contributed by atoms with Crippen molar-refractivity contribution in [2.45, 2.75) is 6.92 Å². The molecule has 1 aromatic heterocycles. The van der Waals surface area contributed by atoms with Gasteiger partial charge in [0, 0.05) is 11.1 Å². The summed E-state index contributed by atoms with van der Waals surface area (Å²) in [6.45, 7) is 2.10. The molecule has 0 aliphatic rings. The summed E-state index contributed by atoms with van der Waals surface area (Å²) in [5, 5.41) is 1.91. The number of nitrogens with one attached hydrogen (secondary N) is 1. The van der Waals surface area contributed by atoms with Gasteiger partial charge in [0.05, 0.1) is 10.5 Å². The largest absolute Gasteiger partial charge is 0.353 e. The molecule has 0 unspecified atom stereocenters. The van der Waals surface area contributed by atoms with E-state index in [-0.39, 0.29) is 0 Å². The first-order valence-corrected chi connectivity index (χ1v) is 5.96. The second kappa shape index (κ2) is 3.94. The smallest absolute Gasteiger partial charge is 0.0648 e. The molecular formula is C15H12ClN. The Hall–Kier alpha value is -1.73. The Kier molecular flexibility index (Phi) is 2.41. The maximum Gasteiger partial charge on any atom is 0.0648 e. The quantitative estimate of drug-likeness (QED) is 0.630. The minimum Gasteiger partial charge on any atom is -0.353 e. The van der Waals surface area contributed by atoms with E-state index in [1.807, 2.05) is 12.1 Å². The first-order valence-electron chi connectivity index (χ1n) is 5.58. The van der Waals surface area contributed by atoms with Crippen molar-refractivity contribution in [1.29, 1.82) is 0 Å². The van der Waals surface area contributed by atoms with Crippen LogP contribution in [0.5, 0.6) is 0 Å². The average molecular weight is 242 g/mol. The van der Waals surface area contributed by atoms with Gasteiger partial charge < -0.3 is 4.98 Å². The van der Waals surface area contributed by atoms with Crippen LogP contribution in [0, 0.1) is 6.92 Å². The molecule has 0 bridgehead atoms. The topological polar surface area (TPSA) is 15.8 Å². The van der Waals surface area contributed by atoms with Gasteiger partial charge >= 0.3 is 0 Å². The fourth-order valence-corrected chi connectivity index (χ4v) is 2.32. The first-order chi connectivity index (χ1) is 8.24. The molecule has 84 valence electrons. The third-order valence-corrected chi connectivity index (χ3v) is 3.25. The summed E-state index contributed by atoms with van der Waals surface area (Å²) in [6.07, 6.45) is 0. The van der Waals surface area contributed by atoms with Gasteiger partial charge in [0.1, 0.15) is 0 Å². The fourth-order valence-electron chi connectivity index (χ4n) is 2.09. The fraction of sp³-hybridized carbons (Fsp3) is 0.0667. The third-order valence-electron chi connectivity index (χ3n) is 2.93. The van der Waals surface area contributed by atoms with Crippen LogP contribution in [-0.2, 0) is 0 Å². The Balaban J connectivity index is 2.22. The second-order valence-electron chi connectivity index (χ2n) is 4.26. The van der Waals surface area contributed by atoms with Crippen molar-refractivity contribution < 1.29 is 0 Å². The number of fused-ring (bicyclic) bond motifs is 1. The molecular weight excluding hydrogens is 230 g/mol. The zero-order chi connectivity index (χ0) is 11.8. The maximum absolute atomic E-state index is 6.16. The molecule has 2 aromatic carbocycles. The number of para-hydroxylation sites is 1. The van der Waals surface area contributed by atoms with Gasteiger partial charge in [-0.1, -0.05) is 47.5 Å². The van der Waals surface area contributed by atoms with Gasteiger partial charge in [-0.05, 0) is 30.7 Å². The van der Waals surface area contributed by atoms with Gasteiger partial charge in [-0.15, -0.1) is 0 Å². The predicted molar refractivity (Wildman–Crippen MR) is 73.5 cm³/mol. The number of hydrogen-bond donors (Lipinski definition) is 1. The van der Waals surface area contributed by atoms with Gasteiger partial charge in [0.15, 0.2) is 0 Å². The summed E-state index contributed by atoms with van der Waals surface area (Å²) < 4.78 is 0. The molecule has 0 fully saturated rings. The Bertz CT molecular complexity index is 682. The van der Waals surface area contributed by atoms with Crippen molar-refractivity contribution in [3.8, 4) is 11.3 Å². The van der Waals surface area contributed by atoms with Gasteiger partial charge in [0.25, 0.3) is 0 Å². The van der Waals surface area contributed by atoms with E-state index in [2.05, 4.69) is 48.3 Å². The summed E-state index contributed by atoms with van der Waals surface area (Å²) in [5.41, 5.74) is 4.56. The Morgan fingerprint density at radius 1 is 1.00 bits per heavy atom. The number of aromatic nitrogens is 1. The molecule has 1 nitrogen and oxygen atoms in total. The van der Waals surface area contributed by atoms with E-state index < -0.39 is 0 Å². The number of rotatable bonds is 1. The van der Waals surface area contributed by atoms with Crippen LogP contribution < -0.4 is 0 Å². The highest BCUT2D eigenvalue weighted by Gasteiger charge is 2.05. The summed E-state index contributed by atoms with van der Waals surface area (Å²) in [4.78, 5) is 3.38. The summed E-state index contributed by atoms with van der Waals surface area (Å²) in [7, 11) is 0. The lowest BCUT2D eigenvalue weighted by atomic mass is 10.1. The minimum atomic E-state index is 0.765. The van der Waals surface area contributed by atoms with E-state index in [1.165, 1.54) is 11.1 Å². The van der Waals surface area contributed by atoms with Crippen LogP contribution in [0.4, 0.5) is 0 Å². The lowest BCUT2D eigenvalue weighted by molar-refractivity contribution is 1.41. The van der Waals surface area contributed by atoms with E-state index in [1.54, 1.807) is 0 Å². The second-order valence-corrected chi connectivity index (χ2v) is 4.66. The summed E-state index contributed by atoms with van der Waals surface area (Å²) in [6, 6.07) is 16.5. The standard InChI is InChI=1S/C15H12ClN/c1-10-4-2-5-11(8-10)14-9-12-6-3-7-13(16)15(12)17-14/h2-9,17H,1H3. The number of halogens is 1.